The zero-order chi connectivity index (χ0) is 22.7. The van der Waals surface area contributed by atoms with Crippen LogP contribution < -0.4 is 5.14 Å². The lowest BCUT2D eigenvalue weighted by molar-refractivity contribution is -0.197. The van der Waals surface area contributed by atoms with Crippen molar-refractivity contribution in [3.63, 3.8) is 0 Å². The molecule has 9 heteroatoms. The molecular weight excluding hydrogens is 430 g/mol. The van der Waals surface area contributed by atoms with Gasteiger partial charge >= 0.3 is 5.97 Å². The molecular formula is C23H31N3O5S. The van der Waals surface area contributed by atoms with Gasteiger partial charge in [0.15, 0.2) is 0 Å². The van der Waals surface area contributed by atoms with Crippen molar-refractivity contribution in [3.8, 4) is 0 Å². The van der Waals surface area contributed by atoms with Gasteiger partial charge in [0.05, 0.1) is 26.9 Å². The third-order valence-corrected chi connectivity index (χ3v) is 8.57. The molecule has 0 saturated heterocycles. The number of carbonyl (C=O) groups excluding carboxylic acids is 1. The number of ether oxygens (including phenoxy) is 1. The molecule has 32 heavy (non-hydrogen) atoms. The van der Waals surface area contributed by atoms with Crippen LogP contribution in [0.4, 0.5) is 0 Å². The van der Waals surface area contributed by atoms with E-state index in [1.54, 1.807) is 6.07 Å². The van der Waals surface area contributed by atoms with Crippen LogP contribution in [0.1, 0.15) is 64.1 Å². The summed E-state index contributed by atoms with van der Waals surface area (Å²) in [6, 6.07) is 4.65. The highest BCUT2D eigenvalue weighted by Gasteiger charge is 2.60. The summed E-state index contributed by atoms with van der Waals surface area (Å²) in [6.45, 7) is 2.82. The van der Waals surface area contributed by atoms with Crippen LogP contribution in [0.25, 0.3) is 11.0 Å². The van der Waals surface area contributed by atoms with Crippen LogP contribution in [0.2, 0.25) is 0 Å². The summed E-state index contributed by atoms with van der Waals surface area (Å²) in [7, 11) is -3.83. The number of imidazole rings is 1. The molecule has 4 aliphatic rings. The van der Waals surface area contributed by atoms with Gasteiger partial charge < -0.3 is 14.4 Å². The number of rotatable bonds is 7. The van der Waals surface area contributed by atoms with Crippen molar-refractivity contribution in [1.82, 2.24) is 9.55 Å². The molecule has 2 unspecified atom stereocenters. The zero-order valence-electron chi connectivity index (χ0n) is 18.4. The molecule has 4 bridgehead atoms. The maximum atomic E-state index is 13.3. The van der Waals surface area contributed by atoms with E-state index in [2.05, 4.69) is 11.9 Å². The van der Waals surface area contributed by atoms with Crippen molar-refractivity contribution in [1.29, 1.82) is 0 Å². The Morgan fingerprint density at radius 1 is 1.28 bits per heavy atom. The molecule has 1 aromatic heterocycles. The first-order valence-corrected chi connectivity index (χ1v) is 13.1. The number of aryl methyl sites for hydroxylation is 1. The Hall–Kier alpha value is -1.97. The third-order valence-electron chi connectivity index (χ3n) is 7.66. The summed E-state index contributed by atoms with van der Waals surface area (Å²) in [4.78, 5) is 17.9. The molecule has 0 radical (unpaired) electrons. The second-order valence-corrected chi connectivity index (χ2v) is 11.8. The van der Waals surface area contributed by atoms with Crippen molar-refractivity contribution in [3.05, 3.63) is 24.0 Å². The Labute approximate surface area is 188 Å². The van der Waals surface area contributed by atoms with Crippen molar-refractivity contribution in [2.24, 2.45) is 22.4 Å². The molecule has 1 heterocycles. The molecule has 6 rings (SSSR count). The first-order chi connectivity index (χ1) is 15.1. The molecule has 2 aromatic rings. The lowest BCUT2D eigenvalue weighted by Crippen LogP contribution is -2.58. The number of unbranched alkanes of at least 4 members (excludes halogenated alkanes) is 1. The van der Waals surface area contributed by atoms with E-state index < -0.39 is 21.0 Å². The minimum atomic E-state index is -3.83. The van der Waals surface area contributed by atoms with Gasteiger partial charge in [0.25, 0.3) is 0 Å². The molecule has 4 saturated carbocycles. The molecule has 1 aromatic carbocycles. The number of carbonyl (C=O) groups is 1. The van der Waals surface area contributed by atoms with Crippen molar-refractivity contribution in [2.45, 2.75) is 81.9 Å². The fourth-order valence-corrected chi connectivity index (χ4v) is 7.28. The quantitative estimate of drug-likeness (QED) is 0.611. The van der Waals surface area contributed by atoms with E-state index in [1.807, 2.05) is 4.57 Å². The Morgan fingerprint density at radius 3 is 2.62 bits per heavy atom. The van der Waals surface area contributed by atoms with Gasteiger partial charge in [0.2, 0.25) is 10.0 Å². The van der Waals surface area contributed by atoms with Crippen LogP contribution in [-0.4, -0.2) is 34.6 Å². The van der Waals surface area contributed by atoms with Gasteiger partial charge in [-0.1, -0.05) is 13.3 Å². The summed E-state index contributed by atoms with van der Waals surface area (Å²) in [6.07, 6.45) is 6.72. The van der Waals surface area contributed by atoms with Gasteiger partial charge in [0, 0.05) is 6.54 Å². The van der Waals surface area contributed by atoms with Crippen LogP contribution in [0.5, 0.6) is 0 Å². The molecule has 4 aliphatic carbocycles. The molecule has 3 N–H and O–H groups in total. The van der Waals surface area contributed by atoms with Gasteiger partial charge in [-0.15, -0.1) is 0 Å². The van der Waals surface area contributed by atoms with Gasteiger partial charge in [-0.2, -0.15) is 0 Å². The minimum absolute atomic E-state index is 0.00972. The van der Waals surface area contributed by atoms with Gasteiger partial charge in [-0.05, 0) is 75.0 Å². The summed E-state index contributed by atoms with van der Waals surface area (Å²) in [5.74, 6) is 1.17. The highest BCUT2D eigenvalue weighted by molar-refractivity contribution is 7.89. The van der Waals surface area contributed by atoms with Crippen LogP contribution in [0, 0.1) is 17.3 Å². The lowest BCUT2D eigenvalue weighted by atomic mass is 9.48. The van der Waals surface area contributed by atoms with E-state index in [-0.39, 0.29) is 17.5 Å². The second kappa shape index (κ2) is 7.53. The Morgan fingerprint density at radius 2 is 2.00 bits per heavy atom. The number of aliphatic hydroxyl groups is 1. The maximum absolute atomic E-state index is 13.3. The van der Waals surface area contributed by atoms with Crippen LogP contribution >= 0.6 is 0 Å². The number of esters is 1. The summed E-state index contributed by atoms with van der Waals surface area (Å²) in [5, 5.41) is 16.2. The van der Waals surface area contributed by atoms with E-state index in [9.17, 15) is 18.3 Å². The third kappa shape index (κ3) is 3.74. The van der Waals surface area contributed by atoms with Crippen molar-refractivity contribution < 1.29 is 23.1 Å². The number of benzene rings is 1. The number of nitrogens with zero attached hydrogens (tertiary/aromatic N) is 2. The number of sulfonamides is 1. The molecule has 0 aliphatic heterocycles. The van der Waals surface area contributed by atoms with Crippen molar-refractivity contribution in [2.75, 3.05) is 0 Å². The number of fused-ring (bicyclic) bond motifs is 1. The number of aromatic nitrogens is 2. The molecule has 4 fully saturated rings. The largest absolute Gasteiger partial charge is 0.457 e. The Kier molecular flexibility index (Phi) is 5.14. The average Bonchev–Trinajstić information content (AvgIpc) is 3.04. The number of nitrogens with two attached hydrogens (primary N) is 1. The SMILES string of the molecule is CCCCn1c(COC(=O)C23CC4CC(CC(O)(C4)C2)C3)nc2cc(S(N)(=O)=O)ccc21. The highest BCUT2D eigenvalue weighted by Crippen LogP contribution is 2.62. The minimum Gasteiger partial charge on any atom is -0.457 e. The van der Waals surface area contributed by atoms with E-state index in [4.69, 9.17) is 9.88 Å². The lowest BCUT2D eigenvalue weighted by Gasteiger charge is -2.58. The van der Waals surface area contributed by atoms with E-state index >= 15 is 0 Å². The van der Waals surface area contributed by atoms with Gasteiger partial charge in [-0.3, -0.25) is 4.79 Å². The molecule has 8 nitrogen and oxygen atoms in total. The monoisotopic (exact) mass is 461 g/mol. The molecule has 0 spiro atoms. The molecule has 2 atom stereocenters. The highest BCUT2D eigenvalue weighted by atomic mass is 32.2. The predicted molar refractivity (Wildman–Crippen MR) is 118 cm³/mol. The topological polar surface area (TPSA) is 125 Å². The fourth-order valence-electron chi connectivity index (χ4n) is 6.75. The van der Waals surface area contributed by atoms with E-state index in [0.29, 0.717) is 36.1 Å². The summed E-state index contributed by atoms with van der Waals surface area (Å²) in [5.41, 5.74) is 0.00490. The predicted octanol–water partition coefficient (Wildman–Crippen LogP) is 2.86. The van der Waals surface area contributed by atoms with Crippen LogP contribution in [0.3, 0.4) is 0 Å². The van der Waals surface area contributed by atoms with Crippen LogP contribution in [-0.2, 0) is 32.7 Å². The Bertz CT molecular complexity index is 1160. The van der Waals surface area contributed by atoms with Gasteiger partial charge in [-0.25, -0.2) is 18.5 Å². The first-order valence-electron chi connectivity index (χ1n) is 11.5. The van der Waals surface area contributed by atoms with Gasteiger partial charge in [0.1, 0.15) is 12.4 Å². The molecule has 174 valence electrons. The summed E-state index contributed by atoms with van der Waals surface area (Å²) >= 11 is 0. The number of primary sulfonamides is 1. The number of hydrogen-bond acceptors (Lipinski definition) is 6. The maximum Gasteiger partial charge on any atom is 0.312 e. The van der Waals surface area contributed by atoms with Crippen molar-refractivity contribution >= 4 is 27.0 Å². The normalized spacial score (nSPS) is 31.3. The Balaban J connectivity index is 1.40. The van der Waals surface area contributed by atoms with E-state index in [0.717, 1.165) is 50.5 Å². The second-order valence-electron chi connectivity index (χ2n) is 10.3. The first kappa shape index (κ1) is 21.9. The van der Waals surface area contributed by atoms with Crippen LogP contribution in [0.15, 0.2) is 23.1 Å². The standard InChI is InChI=1S/C23H31N3O5S/c1-2-3-6-26-19-5-4-17(32(24,29)30)8-18(19)25-20(26)13-31-21(27)22-9-15-7-16(10-22)12-23(28,11-15)14-22/h4-5,8,15-16,28H,2-3,6-7,9-14H2,1H3,(H2,24,29,30). The average molecular weight is 462 g/mol. The zero-order valence-corrected chi connectivity index (χ0v) is 19.2. The summed E-state index contributed by atoms with van der Waals surface area (Å²) < 4.78 is 31.3. The smallest absolute Gasteiger partial charge is 0.312 e. The number of hydrogen-bond donors (Lipinski definition) is 2. The van der Waals surface area contributed by atoms with E-state index in [1.165, 1.54) is 12.1 Å². The fraction of sp³-hybridized carbons (Fsp3) is 0.652. The molecule has 0 amide bonds.